The second-order valence-electron chi connectivity index (χ2n) is 3.84. The molecule has 0 atom stereocenters. The highest BCUT2D eigenvalue weighted by Gasteiger charge is 2.07. The molecule has 0 aliphatic carbocycles. The van der Waals surface area contributed by atoms with Crippen molar-refractivity contribution in [2.45, 2.75) is 0 Å². The van der Waals surface area contributed by atoms with Gasteiger partial charge in [-0.2, -0.15) is 5.10 Å². The molecule has 2 rings (SSSR count). The van der Waals surface area contributed by atoms with Crippen molar-refractivity contribution in [3.8, 4) is 0 Å². The van der Waals surface area contributed by atoms with Crippen LogP contribution in [-0.4, -0.2) is 12.1 Å². The summed E-state index contributed by atoms with van der Waals surface area (Å²) >= 11 is 15.1. The Bertz CT molecular complexity index is 674. The zero-order chi connectivity index (χ0) is 14.5. The summed E-state index contributed by atoms with van der Waals surface area (Å²) in [6, 6.07) is 12.1. The molecule has 102 valence electrons. The van der Waals surface area contributed by atoms with Crippen LogP contribution in [0.2, 0.25) is 10.0 Å². The summed E-state index contributed by atoms with van der Waals surface area (Å²) < 4.78 is 0.706. The van der Waals surface area contributed by atoms with Crippen LogP contribution in [0.4, 0.5) is 0 Å². The van der Waals surface area contributed by atoms with E-state index in [-0.39, 0.29) is 5.91 Å². The van der Waals surface area contributed by atoms with Crippen LogP contribution in [0.3, 0.4) is 0 Å². The van der Waals surface area contributed by atoms with Crippen molar-refractivity contribution in [3.05, 3.63) is 68.1 Å². The molecule has 0 aliphatic heterocycles. The minimum Gasteiger partial charge on any atom is -0.267 e. The van der Waals surface area contributed by atoms with Gasteiger partial charge in [-0.3, -0.25) is 4.79 Å². The predicted octanol–water partition coefficient (Wildman–Crippen LogP) is 4.52. The molecule has 2 aromatic rings. The predicted molar refractivity (Wildman–Crippen MR) is 85.7 cm³/mol. The third kappa shape index (κ3) is 3.82. The summed E-state index contributed by atoms with van der Waals surface area (Å²) in [4.78, 5) is 11.9. The SMILES string of the molecule is O=C(N/N=C\c1ccc(Cl)cc1Cl)c1ccccc1Br. The second-order valence-corrected chi connectivity index (χ2v) is 5.54. The first kappa shape index (κ1) is 15.0. The van der Waals surface area contributed by atoms with Crippen LogP contribution >= 0.6 is 39.1 Å². The minimum atomic E-state index is -0.307. The Hall–Kier alpha value is -1.36. The Morgan fingerprint density at radius 1 is 1.20 bits per heavy atom. The van der Waals surface area contributed by atoms with Crippen LogP contribution in [0.5, 0.6) is 0 Å². The minimum absolute atomic E-state index is 0.307. The van der Waals surface area contributed by atoms with E-state index in [1.807, 2.05) is 6.07 Å². The van der Waals surface area contributed by atoms with E-state index in [1.165, 1.54) is 6.21 Å². The van der Waals surface area contributed by atoms with Gasteiger partial charge < -0.3 is 0 Å². The third-order valence-corrected chi connectivity index (χ3v) is 3.70. The summed E-state index contributed by atoms with van der Waals surface area (Å²) in [5.74, 6) is -0.307. The Morgan fingerprint density at radius 3 is 2.65 bits per heavy atom. The van der Waals surface area contributed by atoms with Crippen molar-refractivity contribution in [3.63, 3.8) is 0 Å². The Morgan fingerprint density at radius 2 is 1.95 bits per heavy atom. The first-order valence-electron chi connectivity index (χ1n) is 5.61. The number of nitrogens with zero attached hydrogens (tertiary/aromatic N) is 1. The van der Waals surface area contributed by atoms with E-state index in [0.717, 1.165) is 0 Å². The van der Waals surface area contributed by atoms with E-state index in [9.17, 15) is 4.79 Å². The van der Waals surface area contributed by atoms with E-state index in [2.05, 4.69) is 26.5 Å². The second kappa shape index (κ2) is 6.88. The van der Waals surface area contributed by atoms with Gasteiger partial charge in [-0.1, -0.05) is 41.4 Å². The highest BCUT2D eigenvalue weighted by molar-refractivity contribution is 9.10. The summed E-state index contributed by atoms with van der Waals surface area (Å²) in [6.07, 6.45) is 1.47. The molecule has 0 fully saturated rings. The fourth-order valence-corrected chi connectivity index (χ4v) is 2.39. The summed E-state index contributed by atoms with van der Waals surface area (Å²) in [7, 11) is 0. The number of hydrazone groups is 1. The topological polar surface area (TPSA) is 41.5 Å². The van der Waals surface area contributed by atoms with E-state index >= 15 is 0 Å². The van der Waals surface area contributed by atoms with Crippen molar-refractivity contribution in [2.75, 3.05) is 0 Å². The van der Waals surface area contributed by atoms with Gasteiger partial charge in [-0.15, -0.1) is 0 Å². The quantitative estimate of drug-likeness (QED) is 0.625. The molecule has 0 saturated heterocycles. The molecule has 0 saturated carbocycles. The van der Waals surface area contributed by atoms with Gasteiger partial charge in [-0.25, -0.2) is 5.43 Å². The molecule has 0 spiro atoms. The van der Waals surface area contributed by atoms with Crippen molar-refractivity contribution in [1.82, 2.24) is 5.43 Å². The maximum absolute atomic E-state index is 11.9. The van der Waals surface area contributed by atoms with Crippen LogP contribution in [0, 0.1) is 0 Å². The first-order chi connectivity index (χ1) is 9.58. The molecule has 0 aromatic heterocycles. The maximum Gasteiger partial charge on any atom is 0.272 e. The monoisotopic (exact) mass is 370 g/mol. The smallest absolute Gasteiger partial charge is 0.267 e. The van der Waals surface area contributed by atoms with Crippen LogP contribution in [0.25, 0.3) is 0 Å². The number of hydrogen-bond donors (Lipinski definition) is 1. The number of hydrogen-bond acceptors (Lipinski definition) is 2. The molecule has 0 heterocycles. The maximum atomic E-state index is 11.9. The van der Waals surface area contributed by atoms with Gasteiger partial charge in [0.2, 0.25) is 0 Å². The molecule has 0 unspecified atom stereocenters. The molecule has 3 nitrogen and oxygen atoms in total. The molecule has 20 heavy (non-hydrogen) atoms. The number of halogens is 3. The van der Waals surface area contributed by atoms with Gasteiger partial charge in [0.25, 0.3) is 5.91 Å². The number of rotatable bonds is 3. The number of carbonyl (C=O) groups excluding carboxylic acids is 1. The van der Waals surface area contributed by atoms with Gasteiger partial charge in [-0.05, 0) is 40.2 Å². The van der Waals surface area contributed by atoms with E-state index in [1.54, 1.807) is 36.4 Å². The molecular weight excluding hydrogens is 363 g/mol. The Kier molecular flexibility index (Phi) is 5.17. The Balaban J connectivity index is 2.07. The van der Waals surface area contributed by atoms with Gasteiger partial charge in [0.1, 0.15) is 0 Å². The molecule has 6 heteroatoms. The highest BCUT2D eigenvalue weighted by Crippen LogP contribution is 2.19. The molecule has 0 aliphatic rings. The van der Waals surface area contributed by atoms with Crippen LogP contribution in [0.15, 0.2) is 52.0 Å². The molecule has 0 bridgehead atoms. The molecule has 2 aromatic carbocycles. The zero-order valence-electron chi connectivity index (χ0n) is 10.1. The van der Waals surface area contributed by atoms with Gasteiger partial charge >= 0.3 is 0 Å². The molecule has 0 radical (unpaired) electrons. The van der Waals surface area contributed by atoms with Gasteiger partial charge in [0.15, 0.2) is 0 Å². The van der Waals surface area contributed by atoms with Crippen LogP contribution in [0.1, 0.15) is 15.9 Å². The average Bonchev–Trinajstić information content (AvgIpc) is 2.41. The third-order valence-electron chi connectivity index (χ3n) is 2.45. The highest BCUT2D eigenvalue weighted by atomic mass is 79.9. The fraction of sp³-hybridized carbons (Fsp3) is 0. The standard InChI is InChI=1S/C14H9BrCl2N2O/c15-12-4-2-1-3-11(12)14(20)19-18-8-9-5-6-10(16)7-13(9)17/h1-8H,(H,19,20)/b18-8-. The van der Waals surface area contributed by atoms with E-state index in [0.29, 0.717) is 25.6 Å². The molecule has 1 amide bonds. The number of nitrogens with one attached hydrogen (secondary N) is 1. The van der Waals surface area contributed by atoms with Gasteiger partial charge in [0, 0.05) is 15.1 Å². The zero-order valence-corrected chi connectivity index (χ0v) is 13.2. The summed E-state index contributed by atoms with van der Waals surface area (Å²) in [5, 5.41) is 4.89. The lowest BCUT2D eigenvalue weighted by atomic mass is 10.2. The van der Waals surface area contributed by atoms with Crippen molar-refractivity contribution < 1.29 is 4.79 Å². The normalized spacial score (nSPS) is 10.8. The van der Waals surface area contributed by atoms with Gasteiger partial charge in [0.05, 0.1) is 16.8 Å². The van der Waals surface area contributed by atoms with Crippen molar-refractivity contribution >= 4 is 51.3 Å². The van der Waals surface area contributed by atoms with E-state index in [4.69, 9.17) is 23.2 Å². The van der Waals surface area contributed by atoms with Crippen molar-refractivity contribution in [2.24, 2.45) is 5.10 Å². The lowest BCUT2D eigenvalue weighted by Crippen LogP contribution is -2.18. The molecule has 1 N–H and O–H groups in total. The summed E-state index contributed by atoms with van der Waals surface area (Å²) in [5.41, 5.74) is 3.62. The number of amides is 1. The largest absolute Gasteiger partial charge is 0.272 e. The van der Waals surface area contributed by atoms with Crippen molar-refractivity contribution in [1.29, 1.82) is 0 Å². The van der Waals surface area contributed by atoms with Crippen LogP contribution < -0.4 is 5.43 Å². The summed E-state index contributed by atoms with van der Waals surface area (Å²) in [6.45, 7) is 0. The molecular formula is C14H9BrCl2N2O. The fourth-order valence-electron chi connectivity index (χ4n) is 1.47. The van der Waals surface area contributed by atoms with Crippen LogP contribution in [-0.2, 0) is 0 Å². The number of carbonyl (C=O) groups is 1. The lowest BCUT2D eigenvalue weighted by Gasteiger charge is -2.02. The average molecular weight is 372 g/mol. The first-order valence-corrected chi connectivity index (χ1v) is 7.16. The Labute approximate surface area is 134 Å². The lowest BCUT2D eigenvalue weighted by molar-refractivity contribution is 0.0954. The van der Waals surface area contributed by atoms with E-state index < -0.39 is 0 Å². The number of benzene rings is 2.